The van der Waals surface area contributed by atoms with Crippen molar-refractivity contribution in [3.05, 3.63) is 39.0 Å². The first kappa shape index (κ1) is 9.00. The Hall–Kier alpha value is -0.570. The van der Waals surface area contributed by atoms with Crippen LogP contribution in [0.1, 0.15) is 0 Å². The molecule has 1 nitrogen and oxygen atoms in total. The fourth-order valence-electron chi connectivity index (χ4n) is 1.23. The SMILES string of the molecule is S=c1cc[nH]c2cc(Cl)cc(Cl)c12. The second-order valence-corrected chi connectivity index (χ2v) is 3.94. The lowest BCUT2D eigenvalue weighted by Crippen LogP contribution is -1.80. The van der Waals surface area contributed by atoms with Crippen LogP contribution < -0.4 is 0 Å². The van der Waals surface area contributed by atoms with Gasteiger partial charge < -0.3 is 4.98 Å². The summed E-state index contributed by atoms with van der Waals surface area (Å²) in [4.78, 5) is 3.04. The van der Waals surface area contributed by atoms with E-state index in [-0.39, 0.29) is 0 Å². The first-order chi connectivity index (χ1) is 6.18. The molecule has 0 aliphatic carbocycles. The van der Waals surface area contributed by atoms with Crippen molar-refractivity contribution in [3.63, 3.8) is 0 Å². The summed E-state index contributed by atoms with van der Waals surface area (Å²) in [6.45, 7) is 0. The molecule has 0 saturated carbocycles. The number of benzene rings is 1. The largest absolute Gasteiger partial charge is 0.361 e. The summed E-state index contributed by atoms with van der Waals surface area (Å²) in [6, 6.07) is 5.30. The summed E-state index contributed by atoms with van der Waals surface area (Å²) < 4.78 is 0.732. The molecule has 0 radical (unpaired) electrons. The van der Waals surface area contributed by atoms with Gasteiger partial charge in [0.2, 0.25) is 0 Å². The van der Waals surface area contributed by atoms with Crippen LogP contribution in [0.4, 0.5) is 0 Å². The average molecular weight is 230 g/mol. The summed E-state index contributed by atoms with van der Waals surface area (Å²) >= 11 is 17.0. The van der Waals surface area contributed by atoms with Gasteiger partial charge in [0.05, 0.1) is 5.02 Å². The molecule has 0 spiro atoms. The Morgan fingerprint density at radius 3 is 2.77 bits per heavy atom. The van der Waals surface area contributed by atoms with Crippen LogP contribution in [0.25, 0.3) is 10.9 Å². The van der Waals surface area contributed by atoms with E-state index in [1.165, 1.54) is 0 Å². The number of hydrogen-bond donors (Lipinski definition) is 1. The zero-order valence-electron chi connectivity index (χ0n) is 6.47. The molecule has 0 aliphatic heterocycles. The minimum atomic E-state index is 0.587. The number of aromatic nitrogens is 1. The van der Waals surface area contributed by atoms with Crippen molar-refractivity contribution in [1.29, 1.82) is 0 Å². The first-order valence-corrected chi connectivity index (χ1v) is 4.81. The van der Waals surface area contributed by atoms with E-state index >= 15 is 0 Å². The smallest absolute Gasteiger partial charge is 0.0528 e. The molecule has 0 bridgehead atoms. The fraction of sp³-hybridized carbons (Fsp3) is 0. The third kappa shape index (κ3) is 1.57. The van der Waals surface area contributed by atoms with Gasteiger partial charge in [-0.05, 0) is 18.2 Å². The van der Waals surface area contributed by atoms with Crippen LogP contribution in [0.15, 0.2) is 24.4 Å². The van der Waals surface area contributed by atoms with E-state index < -0.39 is 0 Å². The molecule has 0 unspecified atom stereocenters. The van der Waals surface area contributed by atoms with Crippen molar-refractivity contribution in [2.45, 2.75) is 0 Å². The van der Waals surface area contributed by atoms with E-state index in [0.29, 0.717) is 10.0 Å². The highest BCUT2D eigenvalue weighted by molar-refractivity contribution is 7.71. The van der Waals surface area contributed by atoms with E-state index in [1.807, 2.05) is 0 Å². The molecule has 2 aromatic rings. The average Bonchev–Trinajstić information content (AvgIpc) is 2.02. The monoisotopic (exact) mass is 229 g/mol. The lowest BCUT2D eigenvalue weighted by Gasteiger charge is -2.01. The van der Waals surface area contributed by atoms with Gasteiger partial charge in [0, 0.05) is 26.6 Å². The summed E-state index contributed by atoms with van der Waals surface area (Å²) in [5.41, 5.74) is 0.866. The zero-order valence-corrected chi connectivity index (χ0v) is 8.80. The van der Waals surface area contributed by atoms with Gasteiger partial charge in [-0.15, -0.1) is 0 Å². The molecule has 4 heteroatoms. The lowest BCUT2D eigenvalue weighted by atomic mass is 10.2. The maximum Gasteiger partial charge on any atom is 0.0528 e. The number of aromatic amines is 1. The van der Waals surface area contributed by atoms with Gasteiger partial charge in [0.25, 0.3) is 0 Å². The Labute approximate surface area is 90.3 Å². The number of pyridine rings is 1. The standard InChI is InChI=1S/C9H5Cl2NS/c10-5-3-6(11)9-7(4-5)12-2-1-8(9)13/h1-4H,(H,12,13). The predicted molar refractivity (Wildman–Crippen MR) is 59.2 cm³/mol. The van der Waals surface area contributed by atoms with Crippen molar-refractivity contribution < 1.29 is 0 Å². The van der Waals surface area contributed by atoms with Crippen molar-refractivity contribution in [2.75, 3.05) is 0 Å². The van der Waals surface area contributed by atoms with Gasteiger partial charge >= 0.3 is 0 Å². The number of halogens is 2. The minimum absolute atomic E-state index is 0.587. The summed E-state index contributed by atoms with van der Waals surface area (Å²) in [5, 5.41) is 2.04. The van der Waals surface area contributed by atoms with Crippen molar-refractivity contribution in [3.8, 4) is 0 Å². The fourth-order valence-corrected chi connectivity index (χ4v) is 2.17. The molecular weight excluding hydrogens is 225 g/mol. The maximum absolute atomic E-state index is 6.00. The van der Waals surface area contributed by atoms with Crippen LogP contribution in [-0.4, -0.2) is 4.98 Å². The third-order valence-electron chi connectivity index (χ3n) is 1.77. The predicted octanol–water partition coefficient (Wildman–Crippen LogP) is 4.20. The number of H-pyrrole nitrogens is 1. The molecule has 0 saturated heterocycles. The highest BCUT2D eigenvalue weighted by atomic mass is 35.5. The number of fused-ring (bicyclic) bond motifs is 1. The van der Waals surface area contributed by atoms with Crippen molar-refractivity contribution in [2.24, 2.45) is 0 Å². The second kappa shape index (κ2) is 3.29. The molecule has 1 N–H and O–H groups in total. The minimum Gasteiger partial charge on any atom is -0.361 e. The maximum atomic E-state index is 6.00. The summed E-state index contributed by atoms with van der Waals surface area (Å²) in [6.07, 6.45) is 1.78. The van der Waals surface area contributed by atoms with Crippen molar-refractivity contribution >= 4 is 46.3 Å². The third-order valence-corrected chi connectivity index (χ3v) is 2.63. The molecule has 2 rings (SSSR count). The van der Waals surface area contributed by atoms with Gasteiger partial charge in [-0.2, -0.15) is 0 Å². The molecule has 1 heterocycles. The van der Waals surface area contributed by atoms with Crippen LogP contribution in [0, 0.1) is 4.51 Å². The van der Waals surface area contributed by atoms with Gasteiger partial charge in [-0.1, -0.05) is 35.4 Å². The van der Waals surface area contributed by atoms with Gasteiger partial charge in [0.15, 0.2) is 0 Å². The van der Waals surface area contributed by atoms with E-state index in [1.54, 1.807) is 24.4 Å². The second-order valence-electron chi connectivity index (χ2n) is 2.65. The molecule has 1 aromatic heterocycles. The van der Waals surface area contributed by atoms with Crippen LogP contribution in [0.2, 0.25) is 10.0 Å². The molecule has 13 heavy (non-hydrogen) atoms. The van der Waals surface area contributed by atoms with Crippen LogP contribution in [0.3, 0.4) is 0 Å². The topological polar surface area (TPSA) is 15.8 Å². The van der Waals surface area contributed by atoms with Gasteiger partial charge in [-0.25, -0.2) is 0 Å². The molecule has 66 valence electrons. The molecule has 0 aliphatic rings. The quantitative estimate of drug-likeness (QED) is 0.670. The highest BCUT2D eigenvalue weighted by Gasteiger charge is 2.02. The normalized spacial score (nSPS) is 10.6. The Bertz CT molecular complexity index is 518. The Balaban J connectivity index is 3.03. The lowest BCUT2D eigenvalue weighted by molar-refractivity contribution is 1.41. The van der Waals surface area contributed by atoms with E-state index in [4.69, 9.17) is 35.4 Å². The molecule has 0 amide bonds. The van der Waals surface area contributed by atoms with E-state index in [9.17, 15) is 0 Å². The van der Waals surface area contributed by atoms with Crippen LogP contribution in [-0.2, 0) is 0 Å². The van der Waals surface area contributed by atoms with Crippen molar-refractivity contribution in [1.82, 2.24) is 4.98 Å². The van der Waals surface area contributed by atoms with E-state index in [0.717, 1.165) is 15.4 Å². The first-order valence-electron chi connectivity index (χ1n) is 3.65. The number of nitrogens with one attached hydrogen (secondary N) is 1. The molecule has 0 atom stereocenters. The van der Waals surface area contributed by atoms with Gasteiger partial charge in [-0.3, -0.25) is 0 Å². The van der Waals surface area contributed by atoms with Crippen LogP contribution >= 0.6 is 35.4 Å². The highest BCUT2D eigenvalue weighted by Crippen LogP contribution is 2.27. The Kier molecular flexibility index (Phi) is 2.28. The Morgan fingerprint density at radius 2 is 2.00 bits per heavy atom. The molecule has 0 fully saturated rings. The van der Waals surface area contributed by atoms with E-state index in [2.05, 4.69) is 4.98 Å². The number of rotatable bonds is 0. The molecular formula is C9H5Cl2NS. The molecule has 1 aromatic carbocycles. The summed E-state index contributed by atoms with van der Waals surface area (Å²) in [7, 11) is 0. The Morgan fingerprint density at radius 1 is 1.23 bits per heavy atom. The zero-order chi connectivity index (χ0) is 9.42. The van der Waals surface area contributed by atoms with Crippen LogP contribution in [0.5, 0.6) is 0 Å². The summed E-state index contributed by atoms with van der Waals surface area (Å²) in [5.74, 6) is 0. The number of hydrogen-bond acceptors (Lipinski definition) is 1. The van der Waals surface area contributed by atoms with Gasteiger partial charge in [0.1, 0.15) is 0 Å².